The van der Waals surface area contributed by atoms with Crippen molar-refractivity contribution < 1.29 is 0 Å². The molecular weight excluding hydrogens is 186 g/mol. The Hall–Kier alpha value is -0.120. The Kier molecular flexibility index (Phi) is 3.33. The van der Waals surface area contributed by atoms with Gasteiger partial charge in [-0.1, -0.05) is 0 Å². The van der Waals surface area contributed by atoms with Crippen molar-refractivity contribution in [2.24, 2.45) is 0 Å². The quantitative estimate of drug-likeness (QED) is 0.691. The molecule has 2 aliphatic rings. The van der Waals surface area contributed by atoms with E-state index in [1.165, 1.54) is 45.6 Å². The molecule has 2 aliphatic heterocycles. The molecule has 1 N–H and O–H groups in total. The van der Waals surface area contributed by atoms with Crippen molar-refractivity contribution in [3.05, 3.63) is 0 Å². The Morgan fingerprint density at radius 3 is 2.67 bits per heavy atom. The maximum atomic E-state index is 3.52. The number of piperazine rings is 1. The van der Waals surface area contributed by atoms with Crippen LogP contribution in [0, 0.1) is 0 Å². The maximum Gasteiger partial charge on any atom is 0.0277 e. The zero-order valence-electron chi connectivity index (χ0n) is 10.4. The highest BCUT2D eigenvalue weighted by Crippen LogP contribution is 2.22. The van der Waals surface area contributed by atoms with E-state index in [2.05, 4.69) is 36.0 Å². The molecule has 3 nitrogen and oxygen atoms in total. The van der Waals surface area contributed by atoms with Gasteiger partial charge in [0, 0.05) is 37.8 Å². The molecule has 0 spiro atoms. The van der Waals surface area contributed by atoms with Crippen LogP contribution in [0.2, 0.25) is 0 Å². The van der Waals surface area contributed by atoms with Crippen LogP contribution >= 0.6 is 0 Å². The summed E-state index contributed by atoms with van der Waals surface area (Å²) in [5, 5.41) is 3.52. The van der Waals surface area contributed by atoms with E-state index in [9.17, 15) is 0 Å². The molecule has 0 aromatic heterocycles. The number of hydrogen-bond acceptors (Lipinski definition) is 3. The van der Waals surface area contributed by atoms with Crippen LogP contribution in [0.4, 0.5) is 0 Å². The molecule has 0 aromatic carbocycles. The SMILES string of the molecule is CN1CCN(C2CCCNC2)CC1(C)C. The van der Waals surface area contributed by atoms with E-state index in [0.29, 0.717) is 5.54 Å². The van der Waals surface area contributed by atoms with Gasteiger partial charge in [0.05, 0.1) is 0 Å². The third-order valence-corrected chi connectivity index (χ3v) is 4.13. The molecule has 0 radical (unpaired) electrons. The highest BCUT2D eigenvalue weighted by molar-refractivity contribution is 4.92. The van der Waals surface area contributed by atoms with Gasteiger partial charge in [-0.15, -0.1) is 0 Å². The average molecular weight is 211 g/mol. The Labute approximate surface area is 93.8 Å². The van der Waals surface area contributed by atoms with Crippen molar-refractivity contribution in [1.29, 1.82) is 0 Å². The first-order chi connectivity index (χ1) is 7.09. The molecule has 88 valence electrons. The summed E-state index contributed by atoms with van der Waals surface area (Å²) >= 11 is 0. The normalized spacial score (nSPS) is 34.2. The molecule has 2 saturated heterocycles. The van der Waals surface area contributed by atoms with Gasteiger partial charge in [0.1, 0.15) is 0 Å². The van der Waals surface area contributed by atoms with Crippen molar-refractivity contribution in [2.45, 2.75) is 38.3 Å². The zero-order valence-corrected chi connectivity index (χ0v) is 10.4. The first-order valence-electron chi connectivity index (χ1n) is 6.25. The summed E-state index contributed by atoms with van der Waals surface area (Å²) in [7, 11) is 2.25. The number of hydrogen-bond donors (Lipinski definition) is 1. The summed E-state index contributed by atoms with van der Waals surface area (Å²) in [6, 6.07) is 0.784. The molecule has 1 unspecified atom stereocenters. The smallest absolute Gasteiger partial charge is 0.0277 e. The van der Waals surface area contributed by atoms with Crippen molar-refractivity contribution in [2.75, 3.05) is 39.8 Å². The second-order valence-electron chi connectivity index (χ2n) is 5.70. The average Bonchev–Trinajstić information content (AvgIpc) is 2.23. The number of nitrogens with one attached hydrogen (secondary N) is 1. The van der Waals surface area contributed by atoms with Crippen molar-refractivity contribution in [3.8, 4) is 0 Å². The van der Waals surface area contributed by atoms with Gasteiger partial charge in [0.25, 0.3) is 0 Å². The summed E-state index contributed by atoms with van der Waals surface area (Å²) in [6.45, 7) is 10.8. The maximum absolute atomic E-state index is 3.52. The molecule has 15 heavy (non-hydrogen) atoms. The van der Waals surface area contributed by atoms with Crippen LogP contribution in [-0.2, 0) is 0 Å². The molecule has 1 atom stereocenters. The lowest BCUT2D eigenvalue weighted by atomic mass is 9.96. The second-order valence-corrected chi connectivity index (χ2v) is 5.70. The van der Waals surface area contributed by atoms with Crippen molar-refractivity contribution in [1.82, 2.24) is 15.1 Å². The first-order valence-corrected chi connectivity index (χ1v) is 6.25. The van der Waals surface area contributed by atoms with Crippen molar-refractivity contribution in [3.63, 3.8) is 0 Å². The van der Waals surface area contributed by atoms with Crippen LogP contribution in [-0.4, -0.2) is 61.2 Å². The fourth-order valence-electron chi connectivity index (χ4n) is 2.73. The van der Waals surface area contributed by atoms with Crippen LogP contribution in [0.5, 0.6) is 0 Å². The van der Waals surface area contributed by atoms with E-state index >= 15 is 0 Å². The molecule has 0 aromatic rings. The molecule has 0 aliphatic carbocycles. The predicted octanol–water partition coefficient (Wildman–Crippen LogP) is 0.764. The highest BCUT2D eigenvalue weighted by atomic mass is 15.3. The van der Waals surface area contributed by atoms with Gasteiger partial charge in [0.2, 0.25) is 0 Å². The lowest BCUT2D eigenvalue weighted by Gasteiger charge is -2.48. The van der Waals surface area contributed by atoms with E-state index in [-0.39, 0.29) is 0 Å². The molecule has 2 fully saturated rings. The Bertz CT molecular complexity index is 209. The topological polar surface area (TPSA) is 18.5 Å². The molecule has 2 heterocycles. The van der Waals surface area contributed by atoms with Gasteiger partial charge in [-0.25, -0.2) is 0 Å². The Morgan fingerprint density at radius 2 is 2.07 bits per heavy atom. The number of nitrogens with zero attached hydrogens (tertiary/aromatic N) is 2. The molecule has 3 heteroatoms. The lowest BCUT2D eigenvalue weighted by molar-refractivity contribution is 0.0112. The Balaban J connectivity index is 1.93. The minimum atomic E-state index is 0.343. The molecule has 0 bridgehead atoms. The van der Waals surface area contributed by atoms with Gasteiger partial charge in [-0.2, -0.15) is 0 Å². The number of rotatable bonds is 1. The second kappa shape index (κ2) is 4.40. The van der Waals surface area contributed by atoms with E-state index in [0.717, 1.165) is 6.04 Å². The van der Waals surface area contributed by atoms with E-state index in [4.69, 9.17) is 0 Å². The summed E-state index contributed by atoms with van der Waals surface area (Å²) < 4.78 is 0. The van der Waals surface area contributed by atoms with Gasteiger partial charge in [0.15, 0.2) is 0 Å². The van der Waals surface area contributed by atoms with E-state index < -0.39 is 0 Å². The number of piperidine rings is 1. The fraction of sp³-hybridized carbons (Fsp3) is 1.00. The van der Waals surface area contributed by atoms with Crippen LogP contribution in [0.1, 0.15) is 26.7 Å². The van der Waals surface area contributed by atoms with Crippen LogP contribution in [0.3, 0.4) is 0 Å². The van der Waals surface area contributed by atoms with Gasteiger partial charge >= 0.3 is 0 Å². The predicted molar refractivity (Wildman–Crippen MR) is 64.2 cm³/mol. The highest BCUT2D eigenvalue weighted by Gasteiger charge is 2.34. The minimum absolute atomic E-state index is 0.343. The zero-order chi connectivity index (χ0) is 10.9. The first kappa shape index (κ1) is 11.4. The summed E-state index contributed by atoms with van der Waals surface area (Å²) in [5.41, 5.74) is 0.343. The minimum Gasteiger partial charge on any atom is -0.315 e. The largest absolute Gasteiger partial charge is 0.315 e. The van der Waals surface area contributed by atoms with Crippen LogP contribution < -0.4 is 5.32 Å². The summed E-state index contributed by atoms with van der Waals surface area (Å²) in [6.07, 6.45) is 2.73. The third-order valence-electron chi connectivity index (χ3n) is 4.13. The standard InChI is InChI=1S/C12H25N3/c1-12(2)10-15(8-7-14(12)3)11-5-4-6-13-9-11/h11,13H,4-10H2,1-3H3. The third kappa shape index (κ3) is 2.52. The monoisotopic (exact) mass is 211 g/mol. The molecular formula is C12H25N3. The van der Waals surface area contributed by atoms with E-state index in [1.54, 1.807) is 0 Å². The summed E-state index contributed by atoms with van der Waals surface area (Å²) in [4.78, 5) is 5.17. The van der Waals surface area contributed by atoms with Gasteiger partial charge < -0.3 is 5.32 Å². The number of likely N-dealkylation sites (N-methyl/N-ethyl adjacent to an activating group) is 1. The molecule has 2 rings (SSSR count). The van der Waals surface area contributed by atoms with Crippen LogP contribution in [0.25, 0.3) is 0 Å². The Morgan fingerprint density at radius 1 is 1.27 bits per heavy atom. The van der Waals surface area contributed by atoms with Crippen molar-refractivity contribution >= 4 is 0 Å². The van der Waals surface area contributed by atoms with Gasteiger partial charge in [-0.05, 0) is 40.3 Å². The summed E-state index contributed by atoms with van der Waals surface area (Å²) in [5.74, 6) is 0. The molecule has 0 amide bonds. The lowest BCUT2D eigenvalue weighted by Crippen LogP contribution is -2.61. The fourth-order valence-corrected chi connectivity index (χ4v) is 2.73. The van der Waals surface area contributed by atoms with Crippen LogP contribution in [0.15, 0.2) is 0 Å². The van der Waals surface area contributed by atoms with E-state index in [1.807, 2.05) is 0 Å². The molecule has 0 saturated carbocycles. The van der Waals surface area contributed by atoms with Gasteiger partial charge in [-0.3, -0.25) is 9.80 Å².